The Balaban J connectivity index is 1.18. The minimum absolute atomic E-state index is 0.196. The molecule has 9 nitrogen and oxygen atoms in total. The Kier molecular flexibility index (Phi) is 17.7. The number of aromatic nitrogens is 3. The molecule has 0 amide bonds. The molecule has 1 heterocycles. The van der Waals surface area contributed by atoms with E-state index in [9.17, 15) is 15.3 Å². The summed E-state index contributed by atoms with van der Waals surface area (Å²) in [4.78, 5) is 15.0. The first-order chi connectivity index (χ1) is 33.6. The zero-order valence-corrected chi connectivity index (χ0v) is 41.4. The highest BCUT2D eigenvalue weighted by atomic mass is 16.5. The Bertz CT molecular complexity index is 2450. The first kappa shape index (κ1) is 50.0. The highest BCUT2D eigenvalue weighted by molar-refractivity contribution is 5.79. The normalized spacial score (nSPS) is 11.2. The summed E-state index contributed by atoms with van der Waals surface area (Å²) in [5, 5.41) is 33.9. The molecular formula is C60H69N3O6. The van der Waals surface area contributed by atoms with Crippen molar-refractivity contribution in [2.24, 2.45) is 0 Å². The molecular weight excluding hydrogens is 859 g/mol. The fourth-order valence-electron chi connectivity index (χ4n) is 8.51. The number of ether oxygens (including phenoxy) is 3. The van der Waals surface area contributed by atoms with Crippen molar-refractivity contribution < 1.29 is 29.5 Å². The fraction of sp³-hybridized carbons (Fsp3) is 0.350. The van der Waals surface area contributed by atoms with E-state index in [1.54, 1.807) is 0 Å². The molecule has 9 heteroatoms. The van der Waals surface area contributed by atoms with Gasteiger partial charge in [-0.25, -0.2) is 15.0 Å². The third kappa shape index (κ3) is 12.4. The van der Waals surface area contributed by atoms with Crippen molar-refractivity contribution in [3.8, 4) is 102 Å². The number of nitrogens with zero attached hydrogens (tertiary/aromatic N) is 3. The molecule has 0 aliphatic heterocycles. The van der Waals surface area contributed by atoms with Crippen molar-refractivity contribution >= 4 is 0 Å². The monoisotopic (exact) mass is 928 g/mol. The van der Waals surface area contributed by atoms with Gasteiger partial charge >= 0.3 is 0 Å². The van der Waals surface area contributed by atoms with Gasteiger partial charge in [0.25, 0.3) is 0 Å². The van der Waals surface area contributed by atoms with E-state index in [0.29, 0.717) is 87.9 Å². The summed E-state index contributed by atoms with van der Waals surface area (Å²) in [6.45, 7) is 14.1. The van der Waals surface area contributed by atoms with Crippen LogP contribution in [0.15, 0.2) is 109 Å². The van der Waals surface area contributed by atoms with Crippen molar-refractivity contribution in [1.82, 2.24) is 15.0 Å². The van der Waals surface area contributed by atoms with E-state index in [-0.39, 0.29) is 17.2 Å². The molecule has 69 heavy (non-hydrogen) atoms. The first-order valence-electron chi connectivity index (χ1n) is 25.1. The van der Waals surface area contributed by atoms with Crippen LogP contribution in [0.25, 0.3) is 67.5 Å². The van der Waals surface area contributed by atoms with Crippen LogP contribution in [0, 0.1) is 20.8 Å². The molecule has 0 saturated heterocycles. The quantitative estimate of drug-likeness (QED) is 0.0508. The second kappa shape index (κ2) is 24.4. The lowest BCUT2D eigenvalue weighted by molar-refractivity contribution is 0.301. The van der Waals surface area contributed by atoms with E-state index in [0.717, 1.165) is 71.9 Å². The van der Waals surface area contributed by atoms with Crippen LogP contribution in [0.4, 0.5) is 0 Å². The minimum Gasteiger partial charge on any atom is -0.507 e. The zero-order chi connectivity index (χ0) is 48.7. The molecule has 0 atom stereocenters. The summed E-state index contributed by atoms with van der Waals surface area (Å²) in [6, 6.07) is 35.1. The first-order valence-corrected chi connectivity index (χ1v) is 25.1. The SMILES string of the molecule is CCCCCCOc1ccc(-c2ccc(-c3nc(-c4ccc(-c5ccc(OCCCCCC)c(C)c5O)cc4)nc(-c4ccc(-c5ccc(OCCCCCC)c(C)c5O)cc4)n3)cc2)c(O)c1C. The number of unbranched alkanes of at least 4 members (excludes halogenated alkanes) is 9. The molecule has 0 spiro atoms. The lowest BCUT2D eigenvalue weighted by Crippen LogP contribution is -2.01. The molecule has 3 N–H and O–H groups in total. The van der Waals surface area contributed by atoms with Gasteiger partial charge in [0.05, 0.1) is 19.8 Å². The maximum absolute atomic E-state index is 11.3. The van der Waals surface area contributed by atoms with Crippen molar-refractivity contribution in [3.05, 3.63) is 126 Å². The average Bonchev–Trinajstić information content (AvgIpc) is 3.37. The van der Waals surface area contributed by atoms with Crippen LogP contribution in [0.3, 0.4) is 0 Å². The number of benzene rings is 6. The van der Waals surface area contributed by atoms with Crippen LogP contribution in [-0.4, -0.2) is 50.1 Å². The highest BCUT2D eigenvalue weighted by Gasteiger charge is 2.18. The van der Waals surface area contributed by atoms with Crippen LogP contribution in [0.5, 0.6) is 34.5 Å². The molecule has 0 radical (unpaired) electrons. The van der Waals surface area contributed by atoms with E-state index >= 15 is 0 Å². The number of phenolic OH excluding ortho intramolecular Hbond substituents is 3. The molecule has 0 unspecified atom stereocenters. The van der Waals surface area contributed by atoms with Gasteiger partial charge in [-0.05, 0) is 93.1 Å². The zero-order valence-electron chi connectivity index (χ0n) is 41.4. The number of phenols is 3. The van der Waals surface area contributed by atoms with Crippen LogP contribution in [-0.2, 0) is 0 Å². The maximum Gasteiger partial charge on any atom is 0.164 e. The maximum atomic E-state index is 11.3. The Morgan fingerprint density at radius 2 is 0.565 bits per heavy atom. The number of aromatic hydroxyl groups is 3. The van der Waals surface area contributed by atoms with E-state index in [4.69, 9.17) is 29.2 Å². The molecule has 6 aromatic carbocycles. The molecule has 0 aliphatic carbocycles. The van der Waals surface area contributed by atoms with E-state index in [1.165, 1.54) is 38.5 Å². The molecule has 0 fully saturated rings. The third-order valence-electron chi connectivity index (χ3n) is 12.9. The molecule has 0 saturated carbocycles. The summed E-state index contributed by atoms with van der Waals surface area (Å²) >= 11 is 0. The largest absolute Gasteiger partial charge is 0.507 e. The van der Waals surface area contributed by atoms with E-state index < -0.39 is 0 Å². The van der Waals surface area contributed by atoms with E-state index in [2.05, 4.69) is 20.8 Å². The molecule has 0 bridgehead atoms. The lowest BCUT2D eigenvalue weighted by atomic mass is 9.99. The van der Waals surface area contributed by atoms with Gasteiger partial charge in [0, 0.05) is 50.1 Å². The topological polar surface area (TPSA) is 127 Å². The van der Waals surface area contributed by atoms with Gasteiger partial charge in [0.15, 0.2) is 17.5 Å². The van der Waals surface area contributed by atoms with Gasteiger partial charge in [0.2, 0.25) is 0 Å². The van der Waals surface area contributed by atoms with Gasteiger partial charge in [-0.15, -0.1) is 0 Å². The summed E-state index contributed by atoms with van der Waals surface area (Å²) in [5.74, 6) is 4.13. The van der Waals surface area contributed by atoms with Crippen molar-refractivity contribution in [1.29, 1.82) is 0 Å². The van der Waals surface area contributed by atoms with Crippen LogP contribution >= 0.6 is 0 Å². The second-order valence-electron chi connectivity index (χ2n) is 18.0. The van der Waals surface area contributed by atoms with Gasteiger partial charge in [-0.3, -0.25) is 0 Å². The van der Waals surface area contributed by atoms with Gasteiger partial charge in [-0.1, -0.05) is 151 Å². The predicted molar refractivity (Wildman–Crippen MR) is 281 cm³/mol. The molecule has 0 aliphatic rings. The van der Waals surface area contributed by atoms with Gasteiger partial charge in [-0.2, -0.15) is 0 Å². The minimum atomic E-state index is 0.196. The van der Waals surface area contributed by atoms with Gasteiger partial charge < -0.3 is 29.5 Å². The van der Waals surface area contributed by atoms with Crippen LogP contribution in [0.2, 0.25) is 0 Å². The van der Waals surface area contributed by atoms with E-state index in [1.807, 2.05) is 130 Å². The summed E-state index contributed by atoms with van der Waals surface area (Å²) in [6.07, 6.45) is 13.4. The summed E-state index contributed by atoms with van der Waals surface area (Å²) < 4.78 is 18.1. The Hall–Kier alpha value is -6.87. The Morgan fingerprint density at radius 3 is 0.812 bits per heavy atom. The lowest BCUT2D eigenvalue weighted by Gasteiger charge is -2.15. The van der Waals surface area contributed by atoms with Crippen LogP contribution < -0.4 is 14.2 Å². The number of hydrogen-bond donors (Lipinski definition) is 3. The van der Waals surface area contributed by atoms with Gasteiger partial charge in [0.1, 0.15) is 34.5 Å². The molecule has 7 rings (SSSR count). The second-order valence-corrected chi connectivity index (χ2v) is 18.0. The summed E-state index contributed by atoms with van der Waals surface area (Å²) in [5.41, 5.74) is 9.17. The number of hydrogen-bond acceptors (Lipinski definition) is 9. The third-order valence-corrected chi connectivity index (χ3v) is 12.9. The predicted octanol–water partition coefficient (Wildman–Crippen LogP) is 15.8. The molecule has 7 aromatic rings. The standard InChI is InChI=1S/C60H69N3O6/c1-7-10-13-16-37-67-52-34-31-49(55(64)40(52)4)43-19-25-46(26-20-43)58-61-59(47-27-21-44(22-28-47)50-32-35-53(41(5)56(50)65)68-38-17-14-11-8-2)63-60(62-58)48-29-23-45(24-30-48)51-33-36-54(42(6)57(51)66)69-39-18-15-12-9-3/h19-36,64-66H,7-18,37-39H2,1-6H3. The smallest absolute Gasteiger partial charge is 0.164 e. The fourth-order valence-corrected chi connectivity index (χ4v) is 8.51. The van der Waals surface area contributed by atoms with Crippen molar-refractivity contribution in [3.63, 3.8) is 0 Å². The molecule has 360 valence electrons. The highest BCUT2D eigenvalue weighted by Crippen LogP contribution is 2.41. The number of rotatable bonds is 24. The van der Waals surface area contributed by atoms with Crippen LogP contribution in [0.1, 0.15) is 115 Å². The van der Waals surface area contributed by atoms with Crippen molar-refractivity contribution in [2.45, 2.75) is 119 Å². The Labute approximate surface area is 409 Å². The Morgan fingerprint density at radius 1 is 0.319 bits per heavy atom. The van der Waals surface area contributed by atoms with Crippen molar-refractivity contribution in [2.75, 3.05) is 19.8 Å². The average molecular weight is 928 g/mol. The summed E-state index contributed by atoms with van der Waals surface area (Å²) in [7, 11) is 0. The molecule has 1 aromatic heterocycles.